The fourth-order valence-corrected chi connectivity index (χ4v) is 2.59. The minimum atomic E-state index is -2.98. The Labute approximate surface area is 129 Å². The van der Waals surface area contributed by atoms with Gasteiger partial charge in [0.15, 0.2) is 11.5 Å². The molecule has 1 aliphatic heterocycles. The fourth-order valence-electron chi connectivity index (χ4n) is 2.06. The first-order valence-corrected chi connectivity index (χ1v) is 7.07. The molecule has 1 heterocycles. The summed E-state index contributed by atoms with van der Waals surface area (Å²) < 4.78 is 35.0. The van der Waals surface area contributed by atoms with Crippen LogP contribution in [0.5, 0.6) is 11.5 Å². The van der Waals surface area contributed by atoms with Gasteiger partial charge in [0.25, 0.3) is 5.91 Å². The number of benzene rings is 1. The average Bonchev–Trinajstić information content (AvgIpc) is 2.46. The highest BCUT2D eigenvalue weighted by Gasteiger charge is 2.21. The van der Waals surface area contributed by atoms with E-state index in [1.807, 2.05) is 6.08 Å². The van der Waals surface area contributed by atoms with E-state index in [-0.39, 0.29) is 23.0 Å². The molecule has 7 heteroatoms. The van der Waals surface area contributed by atoms with Crippen molar-refractivity contribution in [1.29, 1.82) is 0 Å². The highest BCUT2D eigenvalue weighted by atomic mass is 79.9. The van der Waals surface area contributed by atoms with Gasteiger partial charge in [-0.05, 0) is 24.6 Å². The zero-order valence-electron chi connectivity index (χ0n) is 11.3. The van der Waals surface area contributed by atoms with Gasteiger partial charge in [0.05, 0.1) is 13.7 Å². The molecule has 21 heavy (non-hydrogen) atoms. The molecule has 1 aromatic carbocycles. The van der Waals surface area contributed by atoms with E-state index in [2.05, 4.69) is 20.7 Å². The first-order valence-electron chi connectivity index (χ1n) is 6.28. The zero-order chi connectivity index (χ0) is 15.4. The molecule has 0 aliphatic carbocycles. The summed E-state index contributed by atoms with van der Waals surface area (Å²) in [5, 5.41) is 0. The Bertz CT molecular complexity index is 563. The van der Waals surface area contributed by atoms with Crippen molar-refractivity contribution in [3.8, 4) is 11.5 Å². The number of hydrogen-bond donors (Lipinski definition) is 0. The first-order chi connectivity index (χ1) is 10.0. The number of alkyl halides is 2. The molecule has 0 bridgehead atoms. The summed E-state index contributed by atoms with van der Waals surface area (Å²) in [6, 6.07) is 4.26. The van der Waals surface area contributed by atoms with Crippen molar-refractivity contribution in [2.75, 3.05) is 20.2 Å². The van der Waals surface area contributed by atoms with Gasteiger partial charge in [-0.2, -0.15) is 8.78 Å². The molecule has 1 aromatic rings. The van der Waals surface area contributed by atoms with Crippen LogP contribution in [-0.4, -0.2) is 37.6 Å². The van der Waals surface area contributed by atoms with E-state index in [0.29, 0.717) is 13.1 Å². The van der Waals surface area contributed by atoms with Crippen LogP contribution in [0.15, 0.2) is 28.8 Å². The van der Waals surface area contributed by atoms with Gasteiger partial charge >= 0.3 is 6.61 Å². The predicted molar refractivity (Wildman–Crippen MR) is 77.2 cm³/mol. The molecule has 4 nitrogen and oxygen atoms in total. The molecule has 0 fully saturated rings. The highest BCUT2D eigenvalue weighted by Crippen LogP contribution is 2.30. The quantitative estimate of drug-likeness (QED) is 0.824. The second-order valence-corrected chi connectivity index (χ2v) is 5.43. The lowest BCUT2D eigenvalue weighted by atomic mass is 10.1. The number of amides is 1. The van der Waals surface area contributed by atoms with Gasteiger partial charge in [-0.15, -0.1) is 0 Å². The van der Waals surface area contributed by atoms with E-state index >= 15 is 0 Å². The molecule has 0 radical (unpaired) electrons. The Hall–Kier alpha value is -1.63. The molecule has 0 aromatic heterocycles. The number of ether oxygens (including phenoxy) is 2. The van der Waals surface area contributed by atoms with Gasteiger partial charge < -0.3 is 14.4 Å². The van der Waals surface area contributed by atoms with E-state index < -0.39 is 6.61 Å². The molecule has 0 atom stereocenters. The molecular formula is C14H14BrF2NO3. The number of nitrogens with zero attached hydrogens (tertiary/aromatic N) is 1. The number of rotatable bonds is 4. The molecule has 0 N–H and O–H groups in total. The summed E-state index contributed by atoms with van der Waals surface area (Å²) in [4.78, 5) is 14.0. The Balaban J connectivity index is 2.23. The number of carbonyl (C=O) groups excluding carboxylic acids is 1. The third-order valence-electron chi connectivity index (χ3n) is 3.02. The van der Waals surface area contributed by atoms with Crippen LogP contribution >= 0.6 is 15.9 Å². The Morgan fingerprint density at radius 3 is 2.76 bits per heavy atom. The Kier molecular flexibility index (Phi) is 5.17. The zero-order valence-corrected chi connectivity index (χ0v) is 12.9. The lowest BCUT2D eigenvalue weighted by Crippen LogP contribution is -2.34. The topological polar surface area (TPSA) is 38.8 Å². The maximum atomic E-state index is 12.4. The summed E-state index contributed by atoms with van der Waals surface area (Å²) >= 11 is 3.36. The van der Waals surface area contributed by atoms with Gasteiger partial charge in [0.1, 0.15) is 0 Å². The summed E-state index contributed by atoms with van der Waals surface area (Å²) in [5.74, 6) is -0.224. The van der Waals surface area contributed by atoms with Crippen LogP contribution in [-0.2, 0) is 0 Å². The lowest BCUT2D eigenvalue weighted by molar-refractivity contribution is -0.0512. The van der Waals surface area contributed by atoms with Crippen LogP contribution in [0, 0.1) is 0 Å². The van der Waals surface area contributed by atoms with E-state index in [1.165, 1.54) is 25.3 Å². The molecule has 114 valence electrons. The summed E-state index contributed by atoms with van der Waals surface area (Å²) in [6.45, 7) is -1.92. The second-order valence-electron chi connectivity index (χ2n) is 4.41. The van der Waals surface area contributed by atoms with E-state index in [1.54, 1.807) is 4.90 Å². The molecule has 0 unspecified atom stereocenters. The summed E-state index contributed by atoms with van der Waals surface area (Å²) in [7, 11) is 1.35. The third-order valence-corrected chi connectivity index (χ3v) is 3.60. The monoisotopic (exact) mass is 361 g/mol. The van der Waals surface area contributed by atoms with Crippen molar-refractivity contribution in [2.45, 2.75) is 13.0 Å². The van der Waals surface area contributed by atoms with Gasteiger partial charge in [-0.1, -0.05) is 22.0 Å². The molecular weight excluding hydrogens is 348 g/mol. The smallest absolute Gasteiger partial charge is 0.387 e. The standard InChI is InChI=1S/C14H14BrF2NO3/c1-20-11-5-4-9(7-12(11)21-14(16)17)13(19)18-6-2-3-10(15)8-18/h3-5,7,14H,2,6,8H2,1H3. The van der Waals surface area contributed by atoms with Gasteiger partial charge in [-0.25, -0.2) is 0 Å². The molecule has 1 amide bonds. The summed E-state index contributed by atoms with van der Waals surface area (Å²) in [6.07, 6.45) is 2.76. The Morgan fingerprint density at radius 1 is 1.38 bits per heavy atom. The second kappa shape index (κ2) is 6.89. The third kappa shape index (κ3) is 3.93. The highest BCUT2D eigenvalue weighted by molar-refractivity contribution is 9.11. The van der Waals surface area contributed by atoms with Gasteiger partial charge in [0.2, 0.25) is 0 Å². The van der Waals surface area contributed by atoms with Crippen LogP contribution in [0.1, 0.15) is 16.8 Å². The van der Waals surface area contributed by atoms with Crippen LogP contribution in [0.3, 0.4) is 0 Å². The van der Waals surface area contributed by atoms with E-state index in [0.717, 1.165) is 10.9 Å². The minimum Gasteiger partial charge on any atom is -0.493 e. The average molecular weight is 362 g/mol. The van der Waals surface area contributed by atoms with E-state index in [9.17, 15) is 13.6 Å². The fraction of sp³-hybridized carbons (Fsp3) is 0.357. The number of halogens is 3. The normalized spacial score (nSPS) is 14.9. The van der Waals surface area contributed by atoms with Crippen LogP contribution < -0.4 is 9.47 Å². The lowest BCUT2D eigenvalue weighted by Gasteiger charge is -2.25. The predicted octanol–water partition coefficient (Wildman–Crippen LogP) is 3.42. The van der Waals surface area contributed by atoms with Crippen LogP contribution in [0.4, 0.5) is 8.78 Å². The van der Waals surface area contributed by atoms with Gasteiger partial charge in [0, 0.05) is 16.6 Å². The van der Waals surface area contributed by atoms with Crippen molar-refractivity contribution in [3.05, 3.63) is 34.3 Å². The number of hydrogen-bond acceptors (Lipinski definition) is 3. The van der Waals surface area contributed by atoms with Crippen LogP contribution in [0.2, 0.25) is 0 Å². The number of methoxy groups -OCH3 is 1. The molecule has 1 aliphatic rings. The summed E-state index contributed by atoms with van der Waals surface area (Å²) in [5.41, 5.74) is 0.286. The molecule has 2 rings (SSSR count). The Morgan fingerprint density at radius 2 is 2.14 bits per heavy atom. The molecule has 0 spiro atoms. The van der Waals surface area contributed by atoms with Crippen molar-refractivity contribution >= 4 is 21.8 Å². The maximum Gasteiger partial charge on any atom is 0.387 e. The van der Waals surface area contributed by atoms with Crippen molar-refractivity contribution in [2.24, 2.45) is 0 Å². The van der Waals surface area contributed by atoms with Crippen LogP contribution in [0.25, 0.3) is 0 Å². The number of carbonyl (C=O) groups is 1. The molecule has 0 saturated heterocycles. The van der Waals surface area contributed by atoms with E-state index in [4.69, 9.17) is 4.74 Å². The van der Waals surface area contributed by atoms with Crippen molar-refractivity contribution in [3.63, 3.8) is 0 Å². The minimum absolute atomic E-state index is 0.148. The van der Waals surface area contributed by atoms with Gasteiger partial charge in [-0.3, -0.25) is 4.79 Å². The largest absolute Gasteiger partial charge is 0.493 e. The first kappa shape index (κ1) is 15.8. The van der Waals surface area contributed by atoms with Crippen molar-refractivity contribution in [1.82, 2.24) is 4.90 Å². The maximum absolute atomic E-state index is 12.4. The molecule has 0 saturated carbocycles. The van der Waals surface area contributed by atoms with Crippen molar-refractivity contribution < 1.29 is 23.0 Å². The SMILES string of the molecule is COc1ccc(C(=O)N2CCC=C(Br)C2)cc1OC(F)F.